The Balaban J connectivity index is 2.11. The molecule has 2 rings (SSSR count). The molecule has 1 N–H and O–H groups in total. The van der Waals surface area contributed by atoms with E-state index in [1.165, 1.54) is 36.1 Å². The van der Waals surface area contributed by atoms with Crippen molar-refractivity contribution in [2.75, 3.05) is 18.5 Å². The highest BCUT2D eigenvalue weighted by Gasteiger charge is 2.27. The molecule has 0 heterocycles. The molecule has 0 aromatic heterocycles. The summed E-state index contributed by atoms with van der Waals surface area (Å²) in [6.45, 7) is 6.47. The molecule has 1 aromatic rings. The van der Waals surface area contributed by atoms with E-state index >= 15 is 0 Å². The van der Waals surface area contributed by atoms with Gasteiger partial charge in [-0.3, -0.25) is 0 Å². The van der Waals surface area contributed by atoms with E-state index in [4.69, 9.17) is 0 Å². The van der Waals surface area contributed by atoms with E-state index in [0.717, 1.165) is 19.1 Å². The van der Waals surface area contributed by atoms with Gasteiger partial charge in [-0.15, -0.1) is 0 Å². The number of nitrogens with zero attached hydrogens (tertiary/aromatic N) is 1. The fourth-order valence-electron chi connectivity index (χ4n) is 2.26. The van der Waals surface area contributed by atoms with Crippen LogP contribution in [0.4, 0.5) is 5.69 Å². The molecule has 1 aromatic carbocycles. The van der Waals surface area contributed by atoms with Gasteiger partial charge in [0.25, 0.3) is 0 Å². The van der Waals surface area contributed by atoms with Crippen LogP contribution in [0, 0.1) is 6.92 Å². The van der Waals surface area contributed by atoms with Gasteiger partial charge in [-0.05, 0) is 44.4 Å². The van der Waals surface area contributed by atoms with Crippen molar-refractivity contribution in [3.05, 3.63) is 29.3 Å². The smallest absolute Gasteiger partial charge is 0.0411 e. The molecule has 0 spiro atoms. The van der Waals surface area contributed by atoms with Crippen LogP contribution in [0.2, 0.25) is 0 Å². The number of nitrogens with one attached hydrogen (secondary N) is 1. The average Bonchev–Trinajstić information content (AvgIpc) is 3.13. The molecule has 94 valence electrons. The molecule has 17 heavy (non-hydrogen) atoms. The molecule has 0 aliphatic heterocycles. The first-order chi connectivity index (χ1) is 8.22. The minimum atomic E-state index is 0.780. The highest BCUT2D eigenvalue weighted by Crippen LogP contribution is 2.32. The molecular formula is C15H24N2. The number of aryl methyl sites for hydroxylation is 1. The largest absolute Gasteiger partial charge is 0.371 e. The Morgan fingerprint density at radius 2 is 2.12 bits per heavy atom. The topological polar surface area (TPSA) is 15.3 Å². The Kier molecular flexibility index (Phi) is 4.06. The standard InChI is InChI=1S/C15H24N2/c1-4-9-16-11-13-10-12(2)5-8-15(13)17(3)14-6-7-14/h5,8,10,14,16H,4,6-7,9,11H2,1-3H3. The van der Waals surface area contributed by atoms with Crippen LogP contribution in [0.3, 0.4) is 0 Å². The van der Waals surface area contributed by atoms with Gasteiger partial charge in [0.05, 0.1) is 0 Å². The summed E-state index contributed by atoms with van der Waals surface area (Å²) in [5, 5.41) is 3.51. The van der Waals surface area contributed by atoms with Gasteiger partial charge in [0.15, 0.2) is 0 Å². The van der Waals surface area contributed by atoms with E-state index in [1.54, 1.807) is 0 Å². The number of hydrogen-bond acceptors (Lipinski definition) is 2. The van der Waals surface area contributed by atoms with E-state index in [2.05, 4.69) is 49.3 Å². The Hall–Kier alpha value is -1.02. The van der Waals surface area contributed by atoms with Crippen molar-refractivity contribution < 1.29 is 0 Å². The normalized spacial score (nSPS) is 15.0. The minimum absolute atomic E-state index is 0.780. The first kappa shape index (κ1) is 12.4. The van der Waals surface area contributed by atoms with Gasteiger partial charge in [0.1, 0.15) is 0 Å². The maximum absolute atomic E-state index is 3.51. The molecule has 1 saturated carbocycles. The van der Waals surface area contributed by atoms with Crippen molar-refractivity contribution in [3.8, 4) is 0 Å². The van der Waals surface area contributed by atoms with Crippen LogP contribution >= 0.6 is 0 Å². The first-order valence-electron chi connectivity index (χ1n) is 6.75. The fraction of sp³-hybridized carbons (Fsp3) is 0.600. The molecule has 0 saturated heterocycles. The molecule has 1 fully saturated rings. The van der Waals surface area contributed by atoms with Gasteiger partial charge >= 0.3 is 0 Å². The number of anilines is 1. The van der Waals surface area contributed by atoms with Crippen LogP contribution in [0.15, 0.2) is 18.2 Å². The van der Waals surface area contributed by atoms with Crippen molar-refractivity contribution >= 4 is 5.69 Å². The van der Waals surface area contributed by atoms with Gasteiger partial charge in [0.2, 0.25) is 0 Å². The lowest BCUT2D eigenvalue weighted by atomic mass is 10.1. The van der Waals surface area contributed by atoms with Crippen LogP contribution in [-0.2, 0) is 6.54 Å². The third-order valence-electron chi connectivity index (χ3n) is 3.45. The molecule has 0 bridgehead atoms. The van der Waals surface area contributed by atoms with Crippen molar-refractivity contribution in [3.63, 3.8) is 0 Å². The second-order valence-electron chi connectivity index (χ2n) is 5.15. The average molecular weight is 232 g/mol. The minimum Gasteiger partial charge on any atom is -0.371 e. The molecule has 1 aliphatic rings. The van der Waals surface area contributed by atoms with Crippen molar-refractivity contribution in [1.29, 1.82) is 0 Å². The highest BCUT2D eigenvalue weighted by atomic mass is 15.2. The second-order valence-corrected chi connectivity index (χ2v) is 5.15. The molecule has 2 heteroatoms. The molecular weight excluding hydrogens is 208 g/mol. The summed E-state index contributed by atoms with van der Waals surface area (Å²) in [5.41, 5.74) is 4.20. The van der Waals surface area contributed by atoms with Crippen molar-refractivity contribution in [2.45, 2.75) is 45.7 Å². The monoisotopic (exact) mass is 232 g/mol. The maximum Gasteiger partial charge on any atom is 0.0411 e. The lowest BCUT2D eigenvalue weighted by Crippen LogP contribution is -2.23. The van der Waals surface area contributed by atoms with Gasteiger partial charge in [0, 0.05) is 25.3 Å². The van der Waals surface area contributed by atoms with Crippen LogP contribution in [0.5, 0.6) is 0 Å². The third kappa shape index (κ3) is 3.22. The van der Waals surface area contributed by atoms with E-state index < -0.39 is 0 Å². The predicted molar refractivity (Wildman–Crippen MR) is 74.6 cm³/mol. The second kappa shape index (κ2) is 5.54. The zero-order valence-corrected chi connectivity index (χ0v) is 11.3. The molecule has 2 nitrogen and oxygen atoms in total. The van der Waals surface area contributed by atoms with Crippen LogP contribution in [-0.4, -0.2) is 19.6 Å². The molecule has 0 amide bonds. The van der Waals surface area contributed by atoms with E-state index in [9.17, 15) is 0 Å². The molecule has 1 aliphatic carbocycles. The zero-order valence-electron chi connectivity index (χ0n) is 11.3. The van der Waals surface area contributed by atoms with Crippen LogP contribution in [0.1, 0.15) is 37.3 Å². The number of hydrogen-bond donors (Lipinski definition) is 1. The summed E-state index contributed by atoms with van der Waals surface area (Å²) < 4.78 is 0. The fourth-order valence-corrected chi connectivity index (χ4v) is 2.26. The molecule has 0 atom stereocenters. The zero-order chi connectivity index (χ0) is 12.3. The summed E-state index contributed by atoms with van der Waals surface area (Å²) in [5.74, 6) is 0. The quantitative estimate of drug-likeness (QED) is 0.758. The van der Waals surface area contributed by atoms with E-state index in [1.807, 2.05) is 0 Å². The number of rotatable bonds is 6. The summed E-state index contributed by atoms with van der Waals surface area (Å²) in [4.78, 5) is 2.45. The third-order valence-corrected chi connectivity index (χ3v) is 3.45. The summed E-state index contributed by atoms with van der Waals surface area (Å²) in [6, 6.07) is 7.59. The van der Waals surface area contributed by atoms with Crippen LogP contribution < -0.4 is 10.2 Å². The van der Waals surface area contributed by atoms with E-state index in [-0.39, 0.29) is 0 Å². The SMILES string of the molecule is CCCNCc1cc(C)ccc1N(C)C1CC1. The lowest BCUT2D eigenvalue weighted by Gasteiger charge is -2.23. The highest BCUT2D eigenvalue weighted by molar-refractivity contribution is 5.56. The van der Waals surface area contributed by atoms with Gasteiger partial charge in [-0.25, -0.2) is 0 Å². The Morgan fingerprint density at radius 3 is 2.76 bits per heavy atom. The maximum atomic E-state index is 3.51. The van der Waals surface area contributed by atoms with Gasteiger partial charge in [-0.2, -0.15) is 0 Å². The number of benzene rings is 1. The molecule has 0 radical (unpaired) electrons. The Labute approximate surface area is 105 Å². The summed E-state index contributed by atoms with van der Waals surface area (Å²) >= 11 is 0. The molecule has 0 unspecified atom stereocenters. The Morgan fingerprint density at radius 1 is 1.35 bits per heavy atom. The lowest BCUT2D eigenvalue weighted by molar-refractivity contribution is 0.673. The van der Waals surface area contributed by atoms with Gasteiger partial charge < -0.3 is 10.2 Å². The van der Waals surface area contributed by atoms with Crippen molar-refractivity contribution in [1.82, 2.24) is 5.32 Å². The summed E-state index contributed by atoms with van der Waals surface area (Å²) in [6.07, 6.45) is 3.90. The predicted octanol–water partition coefficient (Wildman–Crippen LogP) is 3.09. The Bertz CT molecular complexity index is 369. The van der Waals surface area contributed by atoms with Crippen LogP contribution in [0.25, 0.3) is 0 Å². The summed E-state index contributed by atoms with van der Waals surface area (Å²) in [7, 11) is 2.23. The van der Waals surface area contributed by atoms with E-state index in [0.29, 0.717) is 0 Å². The van der Waals surface area contributed by atoms with Crippen molar-refractivity contribution in [2.24, 2.45) is 0 Å². The first-order valence-corrected chi connectivity index (χ1v) is 6.75. The van der Waals surface area contributed by atoms with Gasteiger partial charge in [-0.1, -0.05) is 24.6 Å².